The van der Waals surface area contributed by atoms with Gasteiger partial charge in [-0.3, -0.25) is 4.98 Å². The summed E-state index contributed by atoms with van der Waals surface area (Å²) in [6, 6.07) is 13.9. The van der Waals surface area contributed by atoms with Gasteiger partial charge < -0.3 is 24.8 Å². The van der Waals surface area contributed by atoms with Crippen LogP contribution < -0.4 is 24.8 Å². The highest BCUT2D eigenvalue weighted by molar-refractivity contribution is 5.79. The third-order valence-electron chi connectivity index (χ3n) is 4.56. The molecule has 0 amide bonds. The number of halogens is 1. The molecule has 1 aromatic heterocycles. The van der Waals surface area contributed by atoms with Crippen LogP contribution in [-0.4, -0.2) is 31.7 Å². The summed E-state index contributed by atoms with van der Waals surface area (Å²) >= 11 is 0. The van der Waals surface area contributed by atoms with E-state index in [4.69, 9.17) is 14.2 Å². The molecule has 0 bridgehead atoms. The Morgan fingerprint density at radius 1 is 1.00 bits per heavy atom. The van der Waals surface area contributed by atoms with Gasteiger partial charge in [0, 0.05) is 30.9 Å². The van der Waals surface area contributed by atoms with Crippen LogP contribution in [0.1, 0.15) is 18.1 Å². The summed E-state index contributed by atoms with van der Waals surface area (Å²) in [4.78, 5) is 8.51. The highest BCUT2D eigenvalue weighted by Crippen LogP contribution is 2.25. The predicted octanol–water partition coefficient (Wildman–Crippen LogP) is 4.29. The van der Waals surface area contributed by atoms with E-state index < -0.39 is 5.82 Å². The third kappa shape index (κ3) is 6.34. The van der Waals surface area contributed by atoms with Crippen LogP contribution in [0.15, 0.2) is 65.9 Å². The zero-order valence-corrected chi connectivity index (χ0v) is 18.4. The fourth-order valence-corrected chi connectivity index (χ4v) is 2.95. The summed E-state index contributed by atoms with van der Waals surface area (Å²) in [6.45, 7) is 3.48. The highest BCUT2D eigenvalue weighted by atomic mass is 19.1. The van der Waals surface area contributed by atoms with Gasteiger partial charge in [-0.15, -0.1) is 0 Å². The number of methoxy groups -OCH3 is 2. The number of pyridine rings is 1. The van der Waals surface area contributed by atoms with E-state index in [9.17, 15) is 4.39 Å². The zero-order valence-electron chi connectivity index (χ0n) is 18.4. The summed E-state index contributed by atoms with van der Waals surface area (Å²) in [5.74, 6) is 2.22. The number of nitrogens with zero attached hydrogens (tertiary/aromatic N) is 2. The second-order valence-electron chi connectivity index (χ2n) is 6.78. The highest BCUT2D eigenvalue weighted by Gasteiger charge is 2.08. The average Bonchev–Trinajstić information content (AvgIpc) is 2.83. The Hall–Kier alpha value is -3.81. The minimum absolute atomic E-state index is 0.141. The van der Waals surface area contributed by atoms with E-state index in [2.05, 4.69) is 20.6 Å². The Morgan fingerprint density at radius 3 is 2.56 bits per heavy atom. The molecular weight excluding hydrogens is 411 g/mol. The van der Waals surface area contributed by atoms with Crippen molar-refractivity contribution >= 4 is 5.96 Å². The molecule has 0 radical (unpaired) electrons. The van der Waals surface area contributed by atoms with Gasteiger partial charge in [0.15, 0.2) is 17.5 Å². The number of hydrogen-bond donors (Lipinski definition) is 2. The van der Waals surface area contributed by atoms with Crippen LogP contribution in [0, 0.1) is 5.82 Å². The van der Waals surface area contributed by atoms with Gasteiger partial charge in [-0.2, -0.15) is 0 Å². The van der Waals surface area contributed by atoms with Gasteiger partial charge >= 0.3 is 0 Å². The van der Waals surface area contributed by atoms with Crippen LogP contribution in [0.3, 0.4) is 0 Å². The fourth-order valence-electron chi connectivity index (χ4n) is 2.95. The zero-order chi connectivity index (χ0) is 22.8. The van der Waals surface area contributed by atoms with Crippen molar-refractivity contribution in [2.24, 2.45) is 4.99 Å². The Balaban J connectivity index is 1.65. The SMILES string of the molecule is CCNC(=NCc1ccc(Oc2cccnc2)c(F)c1)NCc1ccc(OC)cc1OC. The van der Waals surface area contributed by atoms with E-state index >= 15 is 0 Å². The minimum Gasteiger partial charge on any atom is -0.497 e. The topological polar surface area (TPSA) is 77.0 Å². The first kappa shape index (κ1) is 22.9. The van der Waals surface area contributed by atoms with Crippen LogP contribution in [0.5, 0.6) is 23.0 Å². The Morgan fingerprint density at radius 2 is 1.88 bits per heavy atom. The van der Waals surface area contributed by atoms with Gasteiger partial charge in [-0.05, 0) is 48.9 Å². The van der Waals surface area contributed by atoms with Crippen molar-refractivity contribution in [1.29, 1.82) is 0 Å². The Kier molecular flexibility index (Phi) is 8.25. The van der Waals surface area contributed by atoms with E-state index in [-0.39, 0.29) is 5.75 Å². The first-order valence-electron chi connectivity index (χ1n) is 10.2. The molecule has 1 heterocycles. The van der Waals surface area contributed by atoms with Crippen molar-refractivity contribution in [1.82, 2.24) is 15.6 Å². The summed E-state index contributed by atoms with van der Waals surface area (Å²) in [5, 5.41) is 6.46. The van der Waals surface area contributed by atoms with Gasteiger partial charge in [0.25, 0.3) is 0 Å². The number of guanidine groups is 1. The molecule has 0 saturated carbocycles. The molecule has 2 N–H and O–H groups in total. The van der Waals surface area contributed by atoms with Crippen molar-refractivity contribution in [2.45, 2.75) is 20.0 Å². The van der Waals surface area contributed by atoms with E-state index in [1.165, 1.54) is 12.3 Å². The van der Waals surface area contributed by atoms with Crippen LogP contribution >= 0.6 is 0 Å². The predicted molar refractivity (Wildman–Crippen MR) is 122 cm³/mol. The van der Waals surface area contributed by atoms with Crippen LogP contribution in [0.25, 0.3) is 0 Å². The van der Waals surface area contributed by atoms with Crippen molar-refractivity contribution in [3.05, 3.63) is 77.9 Å². The number of ether oxygens (including phenoxy) is 3. The number of aromatic nitrogens is 1. The van der Waals surface area contributed by atoms with Crippen molar-refractivity contribution in [2.75, 3.05) is 20.8 Å². The maximum Gasteiger partial charge on any atom is 0.191 e. The van der Waals surface area contributed by atoms with Crippen molar-refractivity contribution in [3.8, 4) is 23.0 Å². The second kappa shape index (κ2) is 11.5. The van der Waals surface area contributed by atoms with Gasteiger partial charge in [0.1, 0.15) is 17.2 Å². The maximum absolute atomic E-state index is 14.5. The number of aliphatic imine (C=N–C) groups is 1. The smallest absolute Gasteiger partial charge is 0.191 e. The summed E-state index contributed by atoms with van der Waals surface area (Å²) in [5.41, 5.74) is 1.68. The lowest BCUT2D eigenvalue weighted by molar-refractivity contribution is 0.390. The van der Waals surface area contributed by atoms with Crippen LogP contribution in [-0.2, 0) is 13.1 Å². The summed E-state index contributed by atoms with van der Waals surface area (Å²) < 4.78 is 30.7. The quantitative estimate of drug-likeness (QED) is 0.384. The largest absolute Gasteiger partial charge is 0.497 e. The molecule has 3 aromatic rings. The fraction of sp³-hybridized carbons (Fsp3) is 0.250. The van der Waals surface area contributed by atoms with Crippen molar-refractivity contribution in [3.63, 3.8) is 0 Å². The van der Waals surface area contributed by atoms with Gasteiger partial charge in [0.2, 0.25) is 0 Å². The first-order chi connectivity index (χ1) is 15.6. The van der Waals surface area contributed by atoms with Crippen molar-refractivity contribution < 1.29 is 18.6 Å². The molecular formula is C24H27FN4O3. The van der Waals surface area contributed by atoms with Gasteiger partial charge in [0.05, 0.1) is 27.0 Å². The van der Waals surface area contributed by atoms with Gasteiger partial charge in [-0.25, -0.2) is 9.38 Å². The number of rotatable bonds is 9. The molecule has 0 unspecified atom stereocenters. The number of benzene rings is 2. The Bertz CT molecular complexity index is 1040. The number of hydrogen-bond acceptors (Lipinski definition) is 5. The molecule has 0 fully saturated rings. The molecule has 8 heteroatoms. The average molecular weight is 439 g/mol. The van der Waals surface area contributed by atoms with E-state index in [0.29, 0.717) is 31.3 Å². The van der Waals surface area contributed by atoms with E-state index in [0.717, 1.165) is 22.6 Å². The maximum atomic E-state index is 14.5. The normalized spacial score (nSPS) is 11.1. The van der Waals surface area contributed by atoms with E-state index in [1.807, 2.05) is 25.1 Å². The first-order valence-corrected chi connectivity index (χ1v) is 10.2. The lowest BCUT2D eigenvalue weighted by Gasteiger charge is -2.14. The molecule has 32 heavy (non-hydrogen) atoms. The molecule has 0 spiro atoms. The van der Waals surface area contributed by atoms with Crippen LogP contribution in [0.4, 0.5) is 4.39 Å². The Labute approximate surface area is 187 Å². The monoisotopic (exact) mass is 438 g/mol. The molecule has 3 rings (SSSR count). The molecule has 0 atom stereocenters. The molecule has 0 aliphatic heterocycles. The molecule has 7 nitrogen and oxygen atoms in total. The standard InChI is InChI=1S/C24H27FN4O3/c1-4-27-24(29-15-18-8-9-19(30-2)13-23(18)31-3)28-14-17-7-10-22(21(25)12-17)32-20-6-5-11-26-16-20/h5-13,16H,4,14-15H2,1-3H3,(H2,27,28,29). The minimum atomic E-state index is -0.456. The molecule has 0 saturated heterocycles. The lowest BCUT2D eigenvalue weighted by atomic mass is 10.2. The third-order valence-corrected chi connectivity index (χ3v) is 4.56. The lowest BCUT2D eigenvalue weighted by Crippen LogP contribution is -2.36. The van der Waals surface area contributed by atoms with E-state index in [1.54, 1.807) is 44.7 Å². The molecule has 0 aliphatic carbocycles. The number of nitrogens with one attached hydrogen (secondary N) is 2. The summed E-state index contributed by atoms with van der Waals surface area (Å²) in [7, 11) is 3.23. The van der Waals surface area contributed by atoms with Crippen LogP contribution in [0.2, 0.25) is 0 Å². The summed E-state index contributed by atoms with van der Waals surface area (Å²) in [6.07, 6.45) is 3.16. The molecule has 2 aromatic carbocycles. The second-order valence-corrected chi connectivity index (χ2v) is 6.78. The van der Waals surface area contributed by atoms with Gasteiger partial charge in [-0.1, -0.05) is 6.07 Å². The molecule has 168 valence electrons. The molecule has 0 aliphatic rings.